The van der Waals surface area contributed by atoms with E-state index in [1.807, 2.05) is 6.92 Å². The second kappa shape index (κ2) is 4.79. The van der Waals surface area contributed by atoms with E-state index >= 15 is 0 Å². The van der Waals surface area contributed by atoms with Crippen molar-refractivity contribution in [2.24, 2.45) is 0 Å². The number of phenols is 1. The van der Waals surface area contributed by atoms with Crippen LogP contribution in [-0.4, -0.2) is 23.6 Å². The molecule has 0 aliphatic rings. The highest BCUT2D eigenvalue weighted by molar-refractivity contribution is 5.83. The summed E-state index contributed by atoms with van der Waals surface area (Å²) in [6.07, 6.45) is 1.20. The second-order valence-electron chi connectivity index (χ2n) is 3.11. The van der Waals surface area contributed by atoms with Crippen molar-refractivity contribution >= 4 is 6.29 Å². The molecule has 0 aliphatic heterocycles. The Kier molecular flexibility index (Phi) is 3.68. The number of carbonyl (C=O) groups excluding carboxylic acids is 1. The van der Waals surface area contributed by atoms with Crippen molar-refractivity contribution in [2.75, 3.05) is 7.11 Å². The van der Waals surface area contributed by atoms with Crippen molar-refractivity contribution in [1.82, 2.24) is 0 Å². The van der Waals surface area contributed by atoms with E-state index in [4.69, 9.17) is 9.84 Å². The summed E-state index contributed by atoms with van der Waals surface area (Å²) in [4.78, 5) is 10.8. The molecular weight excluding hydrogens is 196 g/mol. The summed E-state index contributed by atoms with van der Waals surface area (Å²) < 4.78 is 5.02. The van der Waals surface area contributed by atoms with E-state index in [1.165, 1.54) is 7.11 Å². The maximum absolute atomic E-state index is 10.8. The van der Waals surface area contributed by atoms with Crippen molar-refractivity contribution < 1.29 is 19.7 Å². The second-order valence-corrected chi connectivity index (χ2v) is 3.11. The number of aromatic hydroxyl groups is 1. The molecule has 2 N–H and O–H groups in total. The standard InChI is InChI=1S/C11H14O4/c1-3-7-4-10(15-2)9(6-13)11(14)8(7)5-12/h4-5,13-14H,3,6H2,1-2H3. The van der Waals surface area contributed by atoms with Crippen LogP contribution in [-0.2, 0) is 13.0 Å². The molecule has 0 fully saturated rings. The number of aryl methyl sites for hydroxylation is 1. The van der Waals surface area contributed by atoms with Gasteiger partial charge >= 0.3 is 0 Å². The summed E-state index contributed by atoms with van der Waals surface area (Å²) in [5.41, 5.74) is 1.18. The van der Waals surface area contributed by atoms with Crippen molar-refractivity contribution in [3.05, 3.63) is 22.8 Å². The summed E-state index contributed by atoms with van der Waals surface area (Å²) in [7, 11) is 1.45. The largest absolute Gasteiger partial charge is 0.507 e. The quantitative estimate of drug-likeness (QED) is 0.734. The first-order chi connectivity index (χ1) is 7.19. The summed E-state index contributed by atoms with van der Waals surface area (Å²) in [5.74, 6) is 0.209. The van der Waals surface area contributed by atoms with E-state index in [1.54, 1.807) is 6.07 Å². The zero-order valence-electron chi connectivity index (χ0n) is 8.78. The number of hydrogen-bond acceptors (Lipinski definition) is 4. The lowest BCUT2D eigenvalue weighted by molar-refractivity contribution is 0.111. The molecule has 0 bridgehead atoms. The smallest absolute Gasteiger partial charge is 0.154 e. The number of ether oxygens (including phenoxy) is 1. The summed E-state index contributed by atoms with van der Waals surface area (Å²) in [5, 5.41) is 18.8. The highest BCUT2D eigenvalue weighted by Crippen LogP contribution is 2.33. The molecule has 0 saturated heterocycles. The topological polar surface area (TPSA) is 66.8 Å². The first kappa shape index (κ1) is 11.5. The molecule has 0 unspecified atom stereocenters. The van der Waals surface area contributed by atoms with Crippen LogP contribution in [0, 0.1) is 0 Å². The Balaban J connectivity index is 3.48. The fourth-order valence-corrected chi connectivity index (χ4v) is 1.51. The lowest BCUT2D eigenvalue weighted by Crippen LogP contribution is -2.00. The predicted octanol–water partition coefficient (Wildman–Crippen LogP) is 1.27. The number of hydrogen-bond donors (Lipinski definition) is 2. The Bertz CT molecular complexity index is 371. The van der Waals surface area contributed by atoms with Crippen molar-refractivity contribution in [1.29, 1.82) is 0 Å². The third-order valence-corrected chi connectivity index (χ3v) is 2.37. The predicted molar refractivity (Wildman–Crippen MR) is 55.3 cm³/mol. The van der Waals surface area contributed by atoms with Gasteiger partial charge in [0.05, 0.1) is 24.8 Å². The Morgan fingerprint density at radius 2 is 2.20 bits per heavy atom. The van der Waals surface area contributed by atoms with Gasteiger partial charge in [0, 0.05) is 0 Å². The summed E-state index contributed by atoms with van der Waals surface area (Å²) in [6, 6.07) is 1.66. The molecule has 1 rings (SSSR count). The fourth-order valence-electron chi connectivity index (χ4n) is 1.51. The van der Waals surface area contributed by atoms with E-state index in [-0.39, 0.29) is 23.5 Å². The monoisotopic (exact) mass is 210 g/mol. The van der Waals surface area contributed by atoms with Gasteiger partial charge in [0.2, 0.25) is 0 Å². The zero-order chi connectivity index (χ0) is 11.4. The summed E-state index contributed by atoms with van der Waals surface area (Å²) in [6.45, 7) is 1.51. The van der Waals surface area contributed by atoms with Gasteiger partial charge in [0.25, 0.3) is 0 Å². The van der Waals surface area contributed by atoms with Crippen molar-refractivity contribution in [3.63, 3.8) is 0 Å². The molecule has 0 amide bonds. The van der Waals surface area contributed by atoms with E-state index < -0.39 is 0 Å². The van der Waals surface area contributed by atoms with Gasteiger partial charge in [-0.3, -0.25) is 4.79 Å². The van der Waals surface area contributed by atoms with Gasteiger partial charge in [-0.2, -0.15) is 0 Å². The van der Waals surface area contributed by atoms with E-state index in [9.17, 15) is 9.90 Å². The molecule has 15 heavy (non-hydrogen) atoms. The van der Waals surface area contributed by atoms with Crippen LogP contribution in [0.25, 0.3) is 0 Å². The van der Waals surface area contributed by atoms with Crippen LogP contribution in [0.15, 0.2) is 6.07 Å². The van der Waals surface area contributed by atoms with Crippen LogP contribution < -0.4 is 4.74 Å². The third kappa shape index (κ3) is 1.94. The van der Waals surface area contributed by atoms with Crippen molar-refractivity contribution in [3.8, 4) is 11.5 Å². The number of aliphatic hydroxyl groups excluding tert-OH is 1. The molecule has 4 nitrogen and oxygen atoms in total. The lowest BCUT2D eigenvalue weighted by Gasteiger charge is -2.13. The zero-order valence-corrected chi connectivity index (χ0v) is 8.78. The molecule has 0 heterocycles. The van der Waals surface area contributed by atoms with Gasteiger partial charge in [-0.05, 0) is 18.1 Å². The van der Waals surface area contributed by atoms with E-state index in [2.05, 4.69) is 0 Å². The summed E-state index contributed by atoms with van der Waals surface area (Å²) >= 11 is 0. The molecule has 1 aromatic carbocycles. The van der Waals surface area contributed by atoms with Crippen LogP contribution in [0.2, 0.25) is 0 Å². The highest BCUT2D eigenvalue weighted by atomic mass is 16.5. The van der Waals surface area contributed by atoms with Crippen LogP contribution >= 0.6 is 0 Å². The third-order valence-electron chi connectivity index (χ3n) is 2.37. The molecule has 0 aromatic heterocycles. The molecule has 0 spiro atoms. The molecule has 0 saturated carbocycles. The number of aliphatic hydroxyl groups is 1. The maximum Gasteiger partial charge on any atom is 0.154 e. The molecule has 0 radical (unpaired) electrons. The number of carbonyl (C=O) groups is 1. The molecule has 0 atom stereocenters. The molecule has 82 valence electrons. The molecular formula is C11H14O4. The number of rotatable bonds is 4. The first-order valence-corrected chi connectivity index (χ1v) is 4.67. The van der Waals surface area contributed by atoms with E-state index in [0.717, 1.165) is 0 Å². The fraction of sp³-hybridized carbons (Fsp3) is 0.364. The minimum atomic E-state index is -0.361. The first-order valence-electron chi connectivity index (χ1n) is 4.67. The lowest BCUT2D eigenvalue weighted by atomic mass is 10.0. The van der Waals surface area contributed by atoms with Crippen molar-refractivity contribution in [2.45, 2.75) is 20.0 Å². The molecule has 1 aromatic rings. The van der Waals surface area contributed by atoms with Crippen LogP contribution in [0.1, 0.15) is 28.4 Å². The van der Waals surface area contributed by atoms with Gasteiger partial charge in [0.15, 0.2) is 6.29 Å². The maximum atomic E-state index is 10.8. The Morgan fingerprint density at radius 1 is 1.53 bits per heavy atom. The minimum Gasteiger partial charge on any atom is -0.507 e. The Labute approximate surface area is 88.1 Å². The number of methoxy groups -OCH3 is 1. The van der Waals surface area contributed by atoms with Crippen LogP contribution in [0.4, 0.5) is 0 Å². The number of benzene rings is 1. The minimum absolute atomic E-state index is 0.191. The average Bonchev–Trinajstić information content (AvgIpc) is 2.27. The van der Waals surface area contributed by atoms with E-state index in [0.29, 0.717) is 24.0 Å². The van der Waals surface area contributed by atoms with Gasteiger partial charge < -0.3 is 14.9 Å². The molecule has 0 aliphatic carbocycles. The van der Waals surface area contributed by atoms with Crippen LogP contribution in [0.3, 0.4) is 0 Å². The SMILES string of the molecule is CCc1cc(OC)c(CO)c(O)c1C=O. The Morgan fingerprint density at radius 3 is 2.60 bits per heavy atom. The van der Waals surface area contributed by atoms with Gasteiger partial charge in [0.1, 0.15) is 11.5 Å². The normalized spacial score (nSPS) is 10.1. The van der Waals surface area contributed by atoms with Gasteiger partial charge in [-0.15, -0.1) is 0 Å². The highest BCUT2D eigenvalue weighted by Gasteiger charge is 2.16. The average molecular weight is 210 g/mol. The molecule has 4 heteroatoms. The Hall–Kier alpha value is -1.55. The van der Waals surface area contributed by atoms with Crippen LogP contribution in [0.5, 0.6) is 11.5 Å². The number of aldehydes is 1. The van der Waals surface area contributed by atoms with Gasteiger partial charge in [-0.1, -0.05) is 6.92 Å². The van der Waals surface area contributed by atoms with Gasteiger partial charge in [-0.25, -0.2) is 0 Å².